The van der Waals surface area contributed by atoms with Gasteiger partial charge in [0.1, 0.15) is 0 Å². The Kier molecular flexibility index (Phi) is 5.57. The van der Waals surface area contributed by atoms with Crippen LogP contribution >= 0.6 is 0 Å². The first-order valence-electron chi connectivity index (χ1n) is 9.63. The number of piperazine rings is 1. The summed E-state index contributed by atoms with van der Waals surface area (Å²) in [7, 11) is 0. The standard InChI is InChI=1S/C20H24N4O4/c25-19(15-11-16(13-21-12-15)22-14-17-3-1-9-27-17)23-5-7-24(8-6-23)20(26)18-4-2-10-28-18/h2,4,10-13,17,22H,1,3,5-9,14H2. The molecule has 2 aromatic rings. The number of hydrogen-bond donors (Lipinski definition) is 1. The number of anilines is 1. The van der Waals surface area contributed by atoms with Crippen LogP contribution in [-0.4, -0.2) is 72.0 Å². The SMILES string of the molecule is O=C(c1cncc(NCC2CCCO2)c1)N1CCN(C(=O)c2ccco2)CC1. The van der Waals surface area contributed by atoms with Crippen LogP contribution in [0.1, 0.15) is 33.8 Å². The summed E-state index contributed by atoms with van der Waals surface area (Å²) in [6.45, 7) is 3.47. The fraction of sp³-hybridized carbons (Fsp3) is 0.450. The lowest BCUT2D eigenvalue weighted by Gasteiger charge is -2.34. The van der Waals surface area contributed by atoms with E-state index < -0.39 is 0 Å². The molecule has 148 valence electrons. The van der Waals surface area contributed by atoms with E-state index in [1.54, 1.807) is 34.3 Å². The quantitative estimate of drug-likeness (QED) is 0.847. The van der Waals surface area contributed by atoms with Crippen molar-refractivity contribution in [1.29, 1.82) is 0 Å². The minimum atomic E-state index is -0.140. The second-order valence-electron chi connectivity index (χ2n) is 7.04. The number of rotatable bonds is 5. The van der Waals surface area contributed by atoms with E-state index in [0.29, 0.717) is 44.0 Å². The van der Waals surface area contributed by atoms with Crippen LogP contribution in [0.4, 0.5) is 5.69 Å². The number of aromatic nitrogens is 1. The second kappa shape index (κ2) is 8.43. The highest BCUT2D eigenvalue weighted by Crippen LogP contribution is 2.16. The van der Waals surface area contributed by atoms with Gasteiger partial charge in [-0.2, -0.15) is 0 Å². The third-order valence-electron chi connectivity index (χ3n) is 5.13. The van der Waals surface area contributed by atoms with Crippen LogP contribution in [0.3, 0.4) is 0 Å². The van der Waals surface area contributed by atoms with Gasteiger partial charge in [-0.1, -0.05) is 0 Å². The summed E-state index contributed by atoms with van der Waals surface area (Å²) in [6, 6.07) is 5.17. The lowest BCUT2D eigenvalue weighted by molar-refractivity contribution is 0.0518. The molecule has 0 radical (unpaired) electrons. The van der Waals surface area contributed by atoms with Crippen molar-refractivity contribution < 1.29 is 18.7 Å². The average molecular weight is 384 g/mol. The van der Waals surface area contributed by atoms with Crippen LogP contribution in [0.15, 0.2) is 41.3 Å². The molecule has 8 heteroatoms. The lowest BCUT2D eigenvalue weighted by atomic mass is 10.2. The molecule has 1 atom stereocenters. The molecule has 0 saturated carbocycles. The predicted molar refractivity (Wildman–Crippen MR) is 102 cm³/mol. The molecule has 0 bridgehead atoms. The first-order valence-corrected chi connectivity index (χ1v) is 9.63. The molecular weight excluding hydrogens is 360 g/mol. The Morgan fingerprint density at radius 1 is 1.14 bits per heavy atom. The van der Waals surface area contributed by atoms with Crippen LogP contribution in [0, 0.1) is 0 Å². The average Bonchev–Trinajstić information content (AvgIpc) is 3.46. The van der Waals surface area contributed by atoms with E-state index in [0.717, 1.165) is 25.1 Å². The highest BCUT2D eigenvalue weighted by atomic mass is 16.5. The van der Waals surface area contributed by atoms with E-state index in [1.165, 1.54) is 6.26 Å². The third-order valence-corrected chi connectivity index (χ3v) is 5.13. The summed E-state index contributed by atoms with van der Waals surface area (Å²) in [5, 5.41) is 3.30. The van der Waals surface area contributed by atoms with Crippen LogP contribution in [0.2, 0.25) is 0 Å². The van der Waals surface area contributed by atoms with Crippen molar-refractivity contribution in [2.24, 2.45) is 0 Å². The van der Waals surface area contributed by atoms with E-state index in [9.17, 15) is 9.59 Å². The minimum absolute atomic E-state index is 0.0710. The molecule has 4 heterocycles. The van der Waals surface area contributed by atoms with Gasteiger partial charge in [0, 0.05) is 51.7 Å². The van der Waals surface area contributed by atoms with E-state index in [4.69, 9.17) is 9.15 Å². The summed E-state index contributed by atoms with van der Waals surface area (Å²) in [4.78, 5) is 32.8. The van der Waals surface area contributed by atoms with E-state index in [-0.39, 0.29) is 17.9 Å². The van der Waals surface area contributed by atoms with Crippen LogP contribution in [0.25, 0.3) is 0 Å². The van der Waals surface area contributed by atoms with Crippen molar-refractivity contribution in [1.82, 2.24) is 14.8 Å². The van der Waals surface area contributed by atoms with Crippen molar-refractivity contribution in [3.63, 3.8) is 0 Å². The van der Waals surface area contributed by atoms with Gasteiger partial charge in [-0.25, -0.2) is 0 Å². The molecule has 1 unspecified atom stereocenters. The van der Waals surface area contributed by atoms with Crippen molar-refractivity contribution in [3.05, 3.63) is 48.2 Å². The molecule has 2 amide bonds. The molecule has 2 aliphatic rings. The smallest absolute Gasteiger partial charge is 0.289 e. The zero-order valence-electron chi connectivity index (χ0n) is 15.7. The lowest BCUT2D eigenvalue weighted by Crippen LogP contribution is -2.50. The summed E-state index contributed by atoms with van der Waals surface area (Å²) in [5.74, 6) is 0.117. The van der Waals surface area contributed by atoms with E-state index in [1.807, 2.05) is 6.07 Å². The number of furan rings is 1. The van der Waals surface area contributed by atoms with Gasteiger partial charge < -0.3 is 24.3 Å². The normalized spacial score (nSPS) is 19.6. The molecule has 2 aliphatic heterocycles. The van der Waals surface area contributed by atoms with Crippen LogP contribution in [0.5, 0.6) is 0 Å². The summed E-state index contributed by atoms with van der Waals surface area (Å²) in [6.07, 6.45) is 7.16. The molecule has 2 fully saturated rings. The Bertz CT molecular complexity index is 809. The predicted octanol–water partition coefficient (Wildman–Crippen LogP) is 1.86. The molecule has 2 aromatic heterocycles. The number of nitrogens with one attached hydrogen (secondary N) is 1. The Hall–Kier alpha value is -2.87. The number of nitrogens with zero attached hydrogens (tertiary/aromatic N) is 3. The molecule has 28 heavy (non-hydrogen) atoms. The highest BCUT2D eigenvalue weighted by Gasteiger charge is 2.27. The van der Waals surface area contributed by atoms with Crippen molar-refractivity contribution in [2.45, 2.75) is 18.9 Å². The van der Waals surface area contributed by atoms with Crippen molar-refractivity contribution in [2.75, 3.05) is 44.6 Å². The van der Waals surface area contributed by atoms with Crippen LogP contribution < -0.4 is 5.32 Å². The van der Waals surface area contributed by atoms with Gasteiger partial charge >= 0.3 is 0 Å². The molecule has 0 spiro atoms. The van der Waals surface area contributed by atoms with Gasteiger partial charge in [-0.05, 0) is 31.0 Å². The third kappa shape index (κ3) is 4.17. The largest absolute Gasteiger partial charge is 0.459 e. The number of carbonyl (C=O) groups excluding carboxylic acids is 2. The van der Waals surface area contributed by atoms with E-state index >= 15 is 0 Å². The number of hydrogen-bond acceptors (Lipinski definition) is 6. The van der Waals surface area contributed by atoms with Crippen molar-refractivity contribution >= 4 is 17.5 Å². The molecule has 0 aromatic carbocycles. The van der Waals surface area contributed by atoms with Gasteiger partial charge in [0.15, 0.2) is 5.76 Å². The first-order chi connectivity index (χ1) is 13.7. The molecule has 8 nitrogen and oxygen atoms in total. The molecule has 0 aliphatic carbocycles. The Morgan fingerprint density at radius 2 is 1.93 bits per heavy atom. The van der Waals surface area contributed by atoms with Gasteiger partial charge in [-0.3, -0.25) is 14.6 Å². The maximum absolute atomic E-state index is 12.8. The number of pyridine rings is 1. The number of carbonyl (C=O) groups is 2. The maximum Gasteiger partial charge on any atom is 0.289 e. The van der Waals surface area contributed by atoms with Gasteiger partial charge in [0.25, 0.3) is 11.8 Å². The second-order valence-corrected chi connectivity index (χ2v) is 7.04. The summed E-state index contributed by atoms with van der Waals surface area (Å²) < 4.78 is 10.8. The Labute approximate surface area is 163 Å². The topological polar surface area (TPSA) is 87.9 Å². The number of amides is 2. The Morgan fingerprint density at radius 3 is 2.61 bits per heavy atom. The maximum atomic E-state index is 12.8. The van der Waals surface area contributed by atoms with E-state index in [2.05, 4.69) is 10.3 Å². The number of ether oxygens (including phenoxy) is 1. The molecule has 4 rings (SSSR count). The molecular formula is C20H24N4O4. The fourth-order valence-corrected chi connectivity index (χ4v) is 3.54. The zero-order chi connectivity index (χ0) is 19.3. The minimum Gasteiger partial charge on any atom is -0.459 e. The van der Waals surface area contributed by atoms with Gasteiger partial charge in [0.2, 0.25) is 0 Å². The fourth-order valence-electron chi connectivity index (χ4n) is 3.54. The molecule has 1 N–H and O–H groups in total. The highest BCUT2D eigenvalue weighted by molar-refractivity contribution is 5.95. The van der Waals surface area contributed by atoms with Crippen molar-refractivity contribution in [3.8, 4) is 0 Å². The van der Waals surface area contributed by atoms with Crippen LogP contribution in [-0.2, 0) is 4.74 Å². The summed E-state index contributed by atoms with van der Waals surface area (Å²) in [5.41, 5.74) is 1.36. The van der Waals surface area contributed by atoms with Gasteiger partial charge in [-0.15, -0.1) is 0 Å². The Balaban J connectivity index is 1.32. The summed E-state index contributed by atoms with van der Waals surface area (Å²) >= 11 is 0. The molecule has 2 saturated heterocycles. The monoisotopic (exact) mass is 384 g/mol. The van der Waals surface area contributed by atoms with Gasteiger partial charge in [0.05, 0.1) is 23.6 Å². The zero-order valence-corrected chi connectivity index (χ0v) is 15.7. The first kappa shape index (κ1) is 18.5.